The zero-order valence-corrected chi connectivity index (χ0v) is 23.4. The molecule has 2 rings (SSSR count). The van der Waals surface area contributed by atoms with Crippen LogP contribution in [-0.2, 0) is 37.3 Å². The van der Waals surface area contributed by atoms with E-state index in [-0.39, 0.29) is 26.4 Å². The van der Waals surface area contributed by atoms with E-state index in [1.807, 2.05) is 48.2 Å². The maximum Gasteiger partial charge on any atom is 0.384 e. The number of allylic oxidation sites excluding steroid dienone is 2. The van der Waals surface area contributed by atoms with Crippen LogP contribution in [0.4, 0.5) is 0 Å². The second-order valence-electron chi connectivity index (χ2n) is 9.67. The van der Waals surface area contributed by atoms with Gasteiger partial charge in [-0.1, -0.05) is 50.3 Å². The Morgan fingerprint density at radius 3 is 1.54 bits per heavy atom. The molecule has 2 unspecified atom stereocenters. The van der Waals surface area contributed by atoms with E-state index < -0.39 is 29.6 Å². The van der Waals surface area contributed by atoms with Gasteiger partial charge < -0.3 is 29.2 Å². The standard InChI is InChI=1S/C33H36O8/c1-7-11-23-17-25(13-15-29(23)38-19-27(34)21-40-31(36)9-3)33(5,6)26-14-16-30(24(18-26)12-8-2)39-20-28(35)22-41-32(37)10-4/h3-4,7-8,13-18,27-28,34-35H,1-2,11-12,19-22H2,5-6H3. The van der Waals surface area contributed by atoms with Crippen LogP contribution >= 0.6 is 0 Å². The lowest BCUT2D eigenvalue weighted by Crippen LogP contribution is -2.25. The largest absolute Gasteiger partial charge is 0.490 e. The molecule has 0 spiro atoms. The van der Waals surface area contributed by atoms with Crippen molar-refractivity contribution in [3.63, 3.8) is 0 Å². The predicted molar refractivity (Wildman–Crippen MR) is 155 cm³/mol. The van der Waals surface area contributed by atoms with Gasteiger partial charge >= 0.3 is 11.9 Å². The summed E-state index contributed by atoms with van der Waals surface area (Å²) < 4.78 is 21.1. The van der Waals surface area contributed by atoms with Crippen molar-refractivity contribution in [3.05, 3.63) is 84.0 Å². The number of esters is 2. The molecule has 0 aliphatic carbocycles. The summed E-state index contributed by atoms with van der Waals surface area (Å²) in [6, 6.07) is 11.7. The fraction of sp³-hybridized carbons (Fsp3) is 0.333. The molecule has 0 saturated heterocycles. The fourth-order valence-corrected chi connectivity index (χ4v) is 3.91. The number of carbonyl (C=O) groups is 2. The van der Waals surface area contributed by atoms with Crippen LogP contribution in [0.5, 0.6) is 11.5 Å². The molecule has 0 aliphatic rings. The molecule has 0 heterocycles. The highest BCUT2D eigenvalue weighted by atomic mass is 16.6. The van der Waals surface area contributed by atoms with Gasteiger partial charge in [-0.2, -0.15) is 0 Å². The Hall–Kier alpha value is -4.50. The summed E-state index contributed by atoms with van der Waals surface area (Å²) in [7, 11) is 0. The van der Waals surface area contributed by atoms with Crippen LogP contribution < -0.4 is 9.47 Å². The van der Waals surface area contributed by atoms with Gasteiger partial charge in [0.05, 0.1) is 0 Å². The minimum Gasteiger partial charge on any atom is -0.490 e. The molecular weight excluding hydrogens is 524 g/mol. The Morgan fingerprint density at radius 2 is 1.20 bits per heavy atom. The predicted octanol–water partition coefficient (Wildman–Crippen LogP) is 3.30. The lowest BCUT2D eigenvalue weighted by molar-refractivity contribution is -0.140. The normalized spacial score (nSPS) is 12.1. The highest BCUT2D eigenvalue weighted by molar-refractivity contribution is 5.87. The Bertz CT molecular complexity index is 1210. The summed E-state index contributed by atoms with van der Waals surface area (Å²) in [6.45, 7) is 11.2. The van der Waals surface area contributed by atoms with Crippen molar-refractivity contribution < 1.29 is 38.7 Å². The van der Waals surface area contributed by atoms with E-state index in [2.05, 4.69) is 27.0 Å². The maximum absolute atomic E-state index is 11.1. The minimum absolute atomic E-state index is 0.0852. The average Bonchev–Trinajstić information content (AvgIpc) is 2.97. The number of rotatable bonds is 16. The summed E-state index contributed by atoms with van der Waals surface area (Å²) in [4.78, 5) is 22.2. The van der Waals surface area contributed by atoms with Crippen molar-refractivity contribution in [2.45, 2.75) is 44.3 Å². The summed E-state index contributed by atoms with van der Waals surface area (Å²) in [5, 5.41) is 20.2. The highest BCUT2D eigenvalue weighted by Crippen LogP contribution is 2.36. The molecule has 0 bridgehead atoms. The number of hydrogen-bond donors (Lipinski definition) is 2. The first kappa shape index (κ1) is 32.7. The fourth-order valence-electron chi connectivity index (χ4n) is 3.91. The third-order valence-corrected chi connectivity index (χ3v) is 6.20. The van der Waals surface area contributed by atoms with Gasteiger partial charge in [-0.25, -0.2) is 9.59 Å². The van der Waals surface area contributed by atoms with Crippen LogP contribution in [0.3, 0.4) is 0 Å². The number of terminal acetylenes is 2. The topological polar surface area (TPSA) is 112 Å². The molecule has 0 saturated carbocycles. The minimum atomic E-state index is -1.04. The second kappa shape index (κ2) is 15.9. The summed E-state index contributed by atoms with van der Waals surface area (Å²) >= 11 is 0. The Morgan fingerprint density at radius 1 is 0.805 bits per heavy atom. The number of aliphatic hydroxyl groups is 2. The van der Waals surface area contributed by atoms with Crippen LogP contribution in [0, 0.1) is 24.7 Å². The Labute approximate surface area is 241 Å². The van der Waals surface area contributed by atoms with Crippen LogP contribution in [0.2, 0.25) is 0 Å². The SMILES string of the molecule is C#CC(=O)OCC(O)COc1ccc(C(C)(C)c2ccc(OCC(O)COC(=O)C#C)c(CC=C)c2)cc1CC=C. The zero-order chi connectivity index (χ0) is 30.4. The van der Waals surface area contributed by atoms with Gasteiger partial charge in [0.1, 0.15) is 50.1 Å². The van der Waals surface area contributed by atoms with E-state index in [1.54, 1.807) is 12.2 Å². The third-order valence-electron chi connectivity index (χ3n) is 6.20. The molecular formula is C33H36O8. The molecule has 2 aromatic carbocycles. The Kier molecular flexibility index (Phi) is 12.7. The van der Waals surface area contributed by atoms with Gasteiger partial charge in [0.25, 0.3) is 0 Å². The average molecular weight is 561 g/mol. The molecule has 0 aliphatic heterocycles. The molecule has 8 heteroatoms. The summed E-state index contributed by atoms with van der Waals surface area (Å²) in [5.74, 6) is 3.10. The van der Waals surface area contributed by atoms with E-state index in [9.17, 15) is 19.8 Å². The molecule has 41 heavy (non-hydrogen) atoms. The summed E-state index contributed by atoms with van der Waals surface area (Å²) in [5.41, 5.74) is 3.38. The monoisotopic (exact) mass is 560 g/mol. The van der Waals surface area contributed by atoms with Gasteiger partial charge in [0, 0.05) is 17.3 Å². The molecule has 0 fully saturated rings. The number of ether oxygens (including phenoxy) is 4. The van der Waals surface area contributed by atoms with Crippen LogP contribution in [0.15, 0.2) is 61.7 Å². The van der Waals surface area contributed by atoms with E-state index >= 15 is 0 Å². The Balaban J connectivity index is 2.22. The summed E-state index contributed by atoms with van der Waals surface area (Å²) in [6.07, 6.45) is 12.4. The van der Waals surface area contributed by atoms with E-state index in [1.165, 1.54) is 0 Å². The number of benzene rings is 2. The van der Waals surface area contributed by atoms with Crippen LogP contribution in [-0.4, -0.2) is 60.8 Å². The molecule has 2 aromatic rings. The van der Waals surface area contributed by atoms with E-state index in [0.717, 1.165) is 22.3 Å². The number of hydrogen-bond acceptors (Lipinski definition) is 8. The van der Waals surface area contributed by atoms with Gasteiger partial charge in [0.15, 0.2) is 0 Å². The molecule has 2 atom stereocenters. The van der Waals surface area contributed by atoms with Crippen molar-refractivity contribution >= 4 is 11.9 Å². The number of aliphatic hydroxyl groups excluding tert-OH is 2. The van der Waals surface area contributed by atoms with Crippen molar-refractivity contribution in [3.8, 4) is 36.2 Å². The smallest absolute Gasteiger partial charge is 0.384 e. The zero-order valence-electron chi connectivity index (χ0n) is 23.4. The maximum atomic E-state index is 11.1. The molecule has 216 valence electrons. The first-order valence-corrected chi connectivity index (χ1v) is 12.9. The third kappa shape index (κ3) is 9.88. The first-order valence-electron chi connectivity index (χ1n) is 12.9. The molecule has 2 N–H and O–H groups in total. The van der Waals surface area contributed by atoms with Crippen LogP contribution in [0.1, 0.15) is 36.1 Å². The van der Waals surface area contributed by atoms with Crippen molar-refractivity contribution in [1.82, 2.24) is 0 Å². The highest BCUT2D eigenvalue weighted by Gasteiger charge is 2.26. The molecule has 8 nitrogen and oxygen atoms in total. The quantitative estimate of drug-likeness (QED) is 0.139. The molecule has 0 aromatic heterocycles. The van der Waals surface area contributed by atoms with Gasteiger partial charge in [-0.3, -0.25) is 0 Å². The molecule has 0 radical (unpaired) electrons. The van der Waals surface area contributed by atoms with Gasteiger partial charge in [0.2, 0.25) is 0 Å². The van der Waals surface area contributed by atoms with Crippen LogP contribution in [0.25, 0.3) is 0 Å². The lowest BCUT2D eigenvalue weighted by Gasteiger charge is -2.28. The molecule has 0 amide bonds. The van der Waals surface area contributed by atoms with E-state index in [0.29, 0.717) is 24.3 Å². The van der Waals surface area contributed by atoms with E-state index in [4.69, 9.17) is 31.8 Å². The van der Waals surface area contributed by atoms with Crippen molar-refractivity contribution in [2.75, 3.05) is 26.4 Å². The van der Waals surface area contributed by atoms with Gasteiger partial charge in [-0.05, 0) is 47.2 Å². The first-order chi connectivity index (χ1) is 19.5. The number of carbonyl (C=O) groups excluding carboxylic acids is 2. The second-order valence-corrected chi connectivity index (χ2v) is 9.67. The van der Waals surface area contributed by atoms with Crippen molar-refractivity contribution in [1.29, 1.82) is 0 Å². The van der Waals surface area contributed by atoms with Crippen molar-refractivity contribution in [2.24, 2.45) is 0 Å². The van der Waals surface area contributed by atoms with Gasteiger partial charge in [-0.15, -0.1) is 26.0 Å². The lowest BCUT2D eigenvalue weighted by atomic mass is 9.76.